The van der Waals surface area contributed by atoms with E-state index in [0.29, 0.717) is 6.54 Å². The van der Waals surface area contributed by atoms with E-state index in [1.165, 1.54) is 56.3 Å². The lowest BCUT2D eigenvalue weighted by atomic mass is 10.0. The van der Waals surface area contributed by atoms with Crippen LogP contribution in [-0.2, 0) is 17.9 Å². The summed E-state index contributed by atoms with van der Waals surface area (Å²) in [6.45, 7) is 5.01. The molecule has 1 atom stereocenters. The van der Waals surface area contributed by atoms with Crippen LogP contribution in [0.2, 0.25) is 0 Å². The summed E-state index contributed by atoms with van der Waals surface area (Å²) in [6, 6.07) is 8.55. The molecule has 0 unspecified atom stereocenters. The Balaban J connectivity index is 0.00000169. The van der Waals surface area contributed by atoms with Gasteiger partial charge in [-0.15, -0.1) is 24.8 Å². The van der Waals surface area contributed by atoms with E-state index in [1.807, 2.05) is 0 Å². The first kappa shape index (κ1) is 23.2. The van der Waals surface area contributed by atoms with Crippen molar-refractivity contribution in [2.45, 2.75) is 64.1 Å². The molecule has 0 aliphatic carbocycles. The zero-order valence-electron chi connectivity index (χ0n) is 15.5. The van der Waals surface area contributed by atoms with Crippen molar-refractivity contribution in [1.29, 1.82) is 0 Å². The summed E-state index contributed by atoms with van der Waals surface area (Å²) < 4.78 is 0. The molecule has 148 valence electrons. The van der Waals surface area contributed by atoms with Crippen LogP contribution in [0.3, 0.4) is 0 Å². The Kier molecular flexibility index (Phi) is 11.2. The lowest BCUT2D eigenvalue weighted by molar-refractivity contribution is -0.123. The van der Waals surface area contributed by atoms with E-state index in [9.17, 15) is 4.79 Å². The summed E-state index contributed by atoms with van der Waals surface area (Å²) in [5, 5.41) is 6.46. The molecule has 2 heterocycles. The van der Waals surface area contributed by atoms with Crippen LogP contribution in [0.15, 0.2) is 24.3 Å². The number of likely N-dealkylation sites (tertiary alicyclic amines) is 1. The summed E-state index contributed by atoms with van der Waals surface area (Å²) in [5.41, 5.74) is 2.61. The number of piperidine rings is 1. The highest BCUT2D eigenvalue weighted by molar-refractivity contribution is 5.85. The minimum atomic E-state index is -0.00322. The van der Waals surface area contributed by atoms with Crippen LogP contribution in [0.5, 0.6) is 0 Å². The van der Waals surface area contributed by atoms with Crippen molar-refractivity contribution in [2.24, 2.45) is 0 Å². The normalized spacial score (nSPS) is 21.0. The number of rotatable bonds is 5. The van der Waals surface area contributed by atoms with Gasteiger partial charge in [-0.3, -0.25) is 9.69 Å². The first-order valence-corrected chi connectivity index (χ1v) is 9.63. The molecule has 1 aromatic rings. The Labute approximate surface area is 170 Å². The molecular formula is C20H33Cl2N3O. The van der Waals surface area contributed by atoms with E-state index >= 15 is 0 Å². The second-order valence-corrected chi connectivity index (χ2v) is 7.18. The molecular weight excluding hydrogens is 369 g/mol. The highest BCUT2D eigenvalue weighted by Gasteiger charge is 2.20. The third-order valence-electron chi connectivity index (χ3n) is 5.29. The molecule has 2 aliphatic rings. The fraction of sp³-hybridized carbons (Fsp3) is 0.650. The third kappa shape index (κ3) is 7.07. The Hall–Kier alpha value is -0.810. The largest absolute Gasteiger partial charge is 0.351 e. The summed E-state index contributed by atoms with van der Waals surface area (Å²) in [6.07, 6.45) is 8.64. The van der Waals surface area contributed by atoms with E-state index in [1.54, 1.807) is 0 Å². The highest BCUT2D eigenvalue weighted by Crippen LogP contribution is 2.16. The Bertz CT molecular complexity index is 528. The molecule has 4 nitrogen and oxygen atoms in total. The van der Waals surface area contributed by atoms with Crippen molar-refractivity contribution in [3.63, 3.8) is 0 Å². The predicted octanol–water partition coefficient (Wildman–Crippen LogP) is 3.66. The van der Waals surface area contributed by atoms with Gasteiger partial charge in [-0.25, -0.2) is 0 Å². The standard InChI is InChI=1S/C20H31N3O.2ClH/c24-20(19-11-5-6-12-21-19)22-15-17-9-3-4-10-18(17)16-23-13-7-1-2-8-14-23;;/h3-4,9-10,19,21H,1-2,5-8,11-16H2,(H,22,24);2*1H/t19-;;/m1../s1. The smallest absolute Gasteiger partial charge is 0.237 e. The molecule has 0 radical (unpaired) electrons. The van der Waals surface area contributed by atoms with Crippen LogP contribution >= 0.6 is 24.8 Å². The summed E-state index contributed by atoms with van der Waals surface area (Å²) in [4.78, 5) is 14.9. The van der Waals surface area contributed by atoms with Crippen molar-refractivity contribution in [1.82, 2.24) is 15.5 Å². The molecule has 2 aliphatic heterocycles. The second-order valence-electron chi connectivity index (χ2n) is 7.18. The van der Waals surface area contributed by atoms with E-state index in [4.69, 9.17) is 0 Å². The molecule has 0 spiro atoms. The molecule has 2 fully saturated rings. The number of hydrogen-bond donors (Lipinski definition) is 2. The SMILES string of the molecule is Cl.Cl.O=C(NCc1ccccc1CN1CCCCCC1)[C@H]1CCCCN1. The van der Waals surface area contributed by atoms with Crippen LogP contribution in [0, 0.1) is 0 Å². The molecule has 0 aromatic heterocycles. The van der Waals surface area contributed by atoms with Crippen LogP contribution < -0.4 is 10.6 Å². The zero-order chi connectivity index (χ0) is 16.6. The molecule has 2 N–H and O–H groups in total. The fourth-order valence-electron chi connectivity index (χ4n) is 3.80. The van der Waals surface area contributed by atoms with Crippen molar-refractivity contribution in [3.05, 3.63) is 35.4 Å². The van der Waals surface area contributed by atoms with Gasteiger partial charge < -0.3 is 10.6 Å². The van der Waals surface area contributed by atoms with Crippen molar-refractivity contribution in [2.75, 3.05) is 19.6 Å². The number of halogens is 2. The summed E-state index contributed by atoms with van der Waals surface area (Å²) in [7, 11) is 0. The Morgan fingerprint density at radius 2 is 1.69 bits per heavy atom. The van der Waals surface area contributed by atoms with E-state index in [0.717, 1.165) is 25.9 Å². The van der Waals surface area contributed by atoms with Crippen molar-refractivity contribution in [3.8, 4) is 0 Å². The number of nitrogens with one attached hydrogen (secondary N) is 2. The number of carbonyl (C=O) groups excluding carboxylic acids is 1. The lowest BCUT2D eigenvalue weighted by Crippen LogP contribution is -2.46. The second kappa shape index (κ2) is 12.6. The van der Waals surface area contributed by atoms with Gasteiger partial charge in [-0.2, -0.15) is 0 Å². The van der Waals surface area contributed by atoms with Gasteiger partial charge in [0.05, 0.1) is 6.04 Å². The maximum absolute atomic E-state index is 12.3. The topological polar surface area (TPSA) is 44.4 Å². The van der Waals surface area contributed by atoms with E-state index < -0.39 is 0 Å². The van der Waals surface area contributed by atoms with Gasteiger partial charge in [-0.1, -0.05) is 43.5 Å². The van der Waals surface area contributed by atoms with Crippen molar-refractivity contribution >= 4 is 30.7 Å². The molecule has 2 saturated heterocycles. The average Bonchev–Trinajstić information content (AvgIpc) is 2.90. The maximum atomic E-state index is 12.3. The first-order chi connectivity index (χ1) is 11.8. The van der Waals surface area contributed by atoms with Gasteiger partial charge in [0.1, 0.15) is 0 Å². The average molecular weight is 402 g/mol. The summed E-state index contributed by atoms with van der Waals surface area (Å²) in [5.74, 6) is 0.152. The van der Waals surface area contributed by atoms with E-state index in [2.05, 4.69) is 39.8 Å². The molecule has 26 heavy (non-hydrogen) atoms. The van der Waals surface area contributed by atoms with Crippen LogP contribution in [0.4, 0.5) is 0 Å². The zero-order valence-corrected chi connectivity index (χ0v) is 17.2. The number of benzene rings is 1. The van der Waals surface area contributed by atoms with Gasteiger partial charge in [0, 0.05) is 13.1 Å². The maximum Gasteiger partial charge on any atom is 0.237 e. The monoisotopic (exact) mass is 401 g/mol. The van der Waals surface area contributed by atoms with E-state index in [-0.39, 0.29) is 36.8 Å². The minimum absolute atomic E-state index is 0. The Morgan fingerprint density at radius 1 is 1.00 bits per heavy atom. The lowest BCUT2D eigenvalue weighted by Gasteiger charge is -2.24. The van der Waals surface area contributed by atoms with Crippen LogP contribution in [-0.4, -0.2) is 36.5 Å². The molecule has 0 bridgehead atoms. The number of nitrogens with zero attached hydrogens (tertiary/aromatic N) is 1. The fourth-order valence-corrected chi connectivity index (χ4v) is 3.80. The molecule has 6 heteroatoms. The molecule has 3 rings (SSSR count). The third-order valence-corrected chi connectivity index (χ3v) is 5.29. The summed E-state index contributed by atoms with van der Waals surface area (Å²) >= 11 is 0. The molecule has 1 amide bonds. The van der Waals surface area contributed by atoms with Gasteiger partial charge in [-0.05, 0) is 56.4 Å². The predicted molar refractivity (Wildman–Crippen MR) is 112 cm³/mol. The van der Waals surface area contributed by atoms with Gasteiger partial charge in [0.2, 0.25) is 5.91 Å². The van der Waals surface area contributed by atoms with Crippen LogP contribution in [0.25, 0.3) is 0 Å². The number of amides is 1. The highest BCUT2D eigenvalue weighted by atomic mass is 35.5. The van der Waals surface area contributed by atoms with Crippen LogP contribution in [0.1, 0.15) is 56.1 Å². The number of hydrogen-bond acceptors (Lipinski definition) is 3. The van der Waals surface area contributed by atoms with Gasteiger partial charge in [0.25, 0.3) is 0 Å². The minimum Gasteiger partial charge on any atom is -0.351 e. The molecule has 0 saturated carbocycles. The quantitative estimate of drug-likeness (QED) is 0.790. The van der Waals surface area contributed by atoms with Gasteiger partial charge >= 0.3 is 0 Å². The Morgan fingerprint density at radius 3 is 2.35 bits per heavy atom. The molecule has 1 aromatic carbocycles. The van der Waals surface area contributed by atoms with Gasteiger partial charge in [0.15, 0.2) is 0 Å². The number of carbonyl (C=O) groups is 1. The van der Waals surface area contributed by atoms with Crippen molar-refractivity contribution < 1.29 is 4.79 Å². The first-order valence-electron chi connectivity index (χ1n) is 9.63.